The summed E-state index contributed by atoms with van der Waals surface area (Å²) < 4.78 is 13.3. The van der Waals surface area contributed by atoms with Gasteiger partial charge in [-0.25, -0.2) is 0 Å². The molecular weight excluding hydrogens is 560 g/mol. The van der Waals surface area contributed by atoms with Gasteiger partial charge in [0.25, 0.3) is 0 Å². The Bertz CT molecular complexity index is 1630. The van der Waals surface area contributed by atoms with E-state index in [1.165, 1.54) is 12.6 Å². The van der Waals surface area contributed by atoms with E-state index in [2.05, 4.69) is 69.2 Å². The minimum Gasteiger partial charge on any atom is -0.495 e. The number of benzene rings is 2. The van der Waals surface area contributed by atoms with Crippen molar-refractivity contribution in [3.8, 4) is 11.4 Å². The first kappa shape index (κ1) is 28.7. The number of aromatic nitrogens is 2. The molecule has 2 aromatic heterocycles. The van der Waals surface area contributed by atoms with Crippen molar-refractivity contribution in [2.24, 2.45) is 0 Å². The van der Waals surface area contributed by atoms with E-state index in [4.69, 9.17) is 26.7 Å². The van der Waals surface area contributed by atoms with Crippen molar-refractivity contribution < 1.29 is 14.3 Å². The molecule has 0 spiro atoms. The molecule has 10 heteroatoms. The van der Waals surface area contributed by atoms with Crippen LogP contribution in [0.5, 0.6) is 5.75 Å². The van der Waals surface area contributed by atoms with Crippen LogP contribution in [0.4, 0.5) is 17.1 Å². The van der Waals surface area contributed by atoms with Crippen LogP contribution in [-0.2, 0) is 9.53 Å². The van der Waals surface area contributed by atoms with Crippen molar-refractivity contribution in [1.82, 2.24) is 14.9 Å². The number of pyridine rings is 1. The predicted octanol–water partition coefficient (Wildman–Crippen LogP) is 5.47. The summed E-state index contributed by atoms with van der Waals surface area (Å²) in [7, 11) is 1.59. The van der Waals surface area contributed by atoms with Gasteiger partial charge in [-0.05, 0) is 92.3 Å². The van der Waals surface area contributed by atoms with Gasteiger partial charge in [-0.2, -0.15) is 0 Å². The summed E-state index contributed by atoms with van der Waals surface area (Å²) in [6.45, 7) is 9.09. The van der Waals surface area contributed by atoms with E-state index in [0.29, 0.717) is 16.5 Å². The second-order valence-electron chi connectivity index (χ2n) is 10.8. The number of anilines is 3. The molecule has 0 saturated carbocycles. The van der Waals surface area contributed by atoms with E-state index in [1.807, 2.05) is 36.4 Å². The van der Waals surface area contributed by atoms with E-state index in [0.717, 1.165) is 60.3 Å². The van der Waals surface area contributed by atoms with Crippen LogP contribution in [-0.4, -0.2) is 54.0 Å². The number of hydrogen-bond donors (Lipinski definition) is 2. The lowest BCUT2D eigenvalue weighted by Gasteiger charge is -2.29. The van der Waals surface area contributed by atoms with Crippen LogP contribution in [0.1, 0.15) is 41.7 Å². The number of carbonyl (C=O) groups excluding carboxylic acids is 1. The molecule has 0 unspecified atom stereocenters. The molecule has 1 amide bonds. The van der Waals surface area contributed by atoms with Crippen LogP contribution in [0.15, 0.2) is 72.9 Å². The largest absolute Gasteiger partial charge is 0.495 e. The Balaban J connectivity index is 1.43. The number of morpholine rings is 1. The van der Waals surface area contributed by atoms with Gasteiger partial charge in [0.1, 0.15) is 5.75 Å². The first-order chi connectivity index (χ1) is 20.9. The number of nitrogens with one attached hydrogen (secondary N) is 2. The number of methoxy groups -OCH3 is 1. The molecule has 9 nitrogen and oxygen atoms in total. The standard InChI is InChI=1S/C33H36N6O3S/c1-21-19-27(22(2)38(21)25-10-8-24(9-11-25)37-15-17-42-18-16-37)32-31(28-7-5-6-14-34-28)36-33(43)39(32)26-12-13-30(41-4)29(20-26)35-23(3)40/h5-14,19-20,31-32H,15-18H2,1-4H3,(H,35,40)(H,36,43)/t31-,32-/m0/s1. The highest BCUT2D eigenvalue weighted by Gasteiger charge is 2.42. The quantitative estimate of drug-likeness (QED) is 0.272. The lowest BCUT2D eigenvalue weighted by atomic mass is 9.96. The molecule has 4 heterocycles. The summed E-state index contributed by atoms with van der Waals surface area (Å²) in [6.07, 6.45) is 1.81. The third-order valence-corrected chi connectivity index (χ3v) is 8.46. The Morgan fingerprint density at radius 1 is 1.02 bits per heavy atom. The average Bonchev–Trinajstić information content (AvgIpc) is 3.52. The Hall–Kier alpha value is -4.41. The SMILES string of the molecule is COc1ccc(N2C(=S)N[C@@H](c3ccccn3)[C@@H]2c2cc(C)n(-c3ccc(N4CCOCC4)cc3)c2C)cc1NC(C)=O. The molecule has 2 N–H and O–H groups in total. The van der Waals surface area contributed by atoms with E-state index in [1.54, 1.807) is 13.3 Å². The van der Waals surface area contributed by atoms with Gasteiger partial charge in [0, 0.05) is 54.7 Å². The summed E-state index contributed by atoms with van der Waals surface area (Å²) in [5.74, 6) is 0.400. The van der Waals surface area contributed by atoms with Crippen molar-refractivity contribution in [2.75, 3.05) is 48.5 Å². The summed E-state index contributed by atoms with van der Waals surface area (Å²) >= 11 is 5.97. The first-order valence-electron chi connectivity index (χ1n) is 14.4. The van der Waals surface area contributed by atoms with Gasteiger partial charge < -0.3 is 34.5 Å². The van der Waals surface area contributed by atoms with Gasteiger partial charge in [0.15, 0.2) is 5.11 Å². The maximum Gasteiger partial charge on any atom is 0.221 e. The monoisotopic (exact) mass is 596 g/mol. The van der Waals surface area contributed by atoms with Crippen LogP contribution in [0.25, 0.3) is 5.69 Å². The fourth-order valence-electron chi connectivity index (χ4n) is 6.20. The highest BCUT2D eigenvalue weighted by molar-refractivity contribution is 7.80. The van der Waals surface area contributed by atoms with Gasteiger partial charge in [0.05, 0.1) is 43.8 Å². The number of carbonyl (C=O) groups is 1. The highest BCUT2D eigenvalue weighted by atomic mass is 32.1. The van der Waals surface area contributed by atoms with Gasteiger partial charge in [0.2, 0.25) is 5.91 Å². The first-order valence-corrected chi connectivity index (χ1v) is 14.8. The Morgan fingerprint density at radius 3 is 2.42 bits per heavy atom. The fourth-order valence-corrected chi connectivity index (χ4v) is 6.55. The zero-order chi connectivity index (χ0) is 30.1. The average molecular weight is 597 g/mol. The van der Waals surface area contributed by atoms with Gasteiger partial charge in [-0.15, -0.1) is 0 Å². The third-order valence-electron chi connectivity index (χ3n) is 8.14. The molecule has 2 aliphatic heterocycles. The molecule has 2 fully saturated rings. The zero-order valence-electron chi connectivity index (χ0n) is 24.8. The summed E-state index contributed by atoms with van der Waals surface area (Å²) in [5.41, 5.74) is 8.00. The number of rotatable bonds is 7. The maximum absolute atomic E-state index is 12.0. The minimum atomic E-state index is -0.200. The number of ether oxygens (including phenoxy) is 2. The topological polar surface area (TPSA) is 83.9 Å². The number of hydrogen-bond acceptors (Lipinski definition) is 6. The Labute approximate surface area is 257 Å². The van der Waals surface area contributed by atoms with Gasteiger partial charge in [-0.3, -0.25) is 9.78 Å². The van der Waals surface area contributed by atoms with Crippen LogP contribution >= 0.6 is 12.2 Å². The Morgan fingerprint density at radius 2 is 1.74 bits per heavy atom. The second-order valence-corrected chi connectivity index (χ2v) is 11.2. The molecule has 2 aliphatic rings. The molecule has 4 aromatic rings. The van der Waals surface area contributed by atoms with E-state index in [9.17, 15) is 4.79 Å². The van der Waals surface area contributed by atoms with Gasteiger partial charge in [-0.1, -0.05) is 6.07 Å². The molecule has 0 radical (unpaired) electrons. The smallest absolute Gasteiger partial charge is 0.221 e. The predicted molar refractivity (Wildman–Crippen MR) is 174 cm³/mol. The summed E-state index contributed by atoms with van der Waals surface area (Å²) in [5, 5.41) is 7.02. The van der Waals surface area contributed by atoms with Crippen LogP contribution in [0, 0.1) is 13.8 Å². The van der Waals surface area contributed by atoms with Gasteiger partial charge >= 0.3 is 0 Å². The van der Waals surface area contributed by atoms with Crippen molar-refractivity contribution >= 4 is 40.3 Å². The lowest BCUT2D eigenvalue weighted by molar-refractivity contribution is -0.114. The zero-order valence-corrected chi connectivity index (χ0v) is 25.6. The molecule has 0 bridgehead atoms. The number of thiocarbonyl (C=S) groups is 1. The molecule has 222 valence electrons. The van der Waals surface area contributed by atoms with Crippen LogP contribution < -0.4 is 25.2 Å². The van der Waals surface area contributed by atoms with E-state index < -0.39 is 0 Å². The highest BCUT2D eigenvalue weighted by Crippen LogP contribution is 2.45. The molecule has 2 atom stereocenters. The minimum absolute atomic E-state index is 0.177. The van der Waals surface area contributed by atoms with Crippen molar-refractivity contribution in [3.63, 3.8) is 0 Å². The number of aryl methyl sites for hydroxylation is 1. The maximum atomic E-state index is 12.0. The van der Waals surface area contributed by atoms with Crippen LogP contribution in [0.3, 0.4) is 0 Å². The summed E-state index contributed by atoms with van der Waals surface area (Å²) in [6, 6.07) is 22.3. The molecule has 2 aromatic carbocycles. The lowest BCUT2D eigenvalue weighted by Crippen LogP contribution is -2.36. The fraction of sp³-hybridized carbons (Fsp3) is 0.303. The molecular formula is C33H36N6O3S. The third kappa shape index (κ3) is 5.55. The van der Waals surface area contributed by atoms with E-state index in [-0.39, 0.29) is 18.0 Å². The molecule has 2 saturated heterocycles. The van der Waals surface area contributed by atoms with Crippen molar-refractivity contribution in [1.29, 1.82) is 0 Å². The molecule has 0 aliphatic carbocycles. The molecule has 6 rings (SSSR count). The van der Waals surface area contributed by atoms with Crippen LogP contribution in [0.2, 0.25) is 0 Å². The Kier molecular flexibility index (Phi) is 8.05. The second kappa shape index (κ2) is 12.1. The van der Waals surface area contributed by atoms with Crippen molar-refractivity contribution in [3.05, 3.63) is 95.6 Å². The number of nitrogens with zero attached hydrogens (tertiary/aromatic N) is 4. The van der Waals surface area contributed by atoms with E-state index >= 15 is 0 Å². The number of amides is 1. The molecule has 43 heavy (non-hydrogen) atoms. The summed E-state index contributed by atoms with van der Waals surface area (Å²) in [4.78, 5) is 21.2. The van der Waals surface area contributed by atoms with Crippen molar-refractivity contribution in [2.45, 2.75) is 32.9 Å². The normalized spacial score (nSPS) is 18.5.